The molecule has 3 aromatic rings. The molecular formula is C32H42N4O. The number of likely N-dealkylation sites (N-methyl/N-ethyl adjacent to an activating group) is 3. The Balaban J connectivity index is 1.90. The van der Waals surface area contributed by atoms with Crippen LogP contribution in [-0.4, -0.2) is 77.0 Å². The number of carbonyl (C=O) groups excluding carboxylic acids is 1. The molecule has 37 heavy (non-hydrogen) atoms. The van der Waals surface area contributed by atoms with Crippen molar-refractivity contribution >= 4 is 23.2 Å². The van der Waals surface area contributed by atoms with E-state index in [0.717, 1.165) is 59.8 Å². The van der Waals surface area contributed by atoms with Crippen LogP contribution >= 0.6 is 0 Å². The maximum absolute atomic E-state index is 13.6. The number of hydrogen-bond acceptors (Lipinski definition) is 5. The molecule has 0 bridgehead atoms. The molecule has 3 aromatic carbocycles. The van der Waals surface area contributed by atoms with Crippen LogP contribution in [0.3, 0.4) is 0 Å². The van der Waals surface area contributed by atoms with E-state index < -0.39 is 0 Å². The van der Waals surface area contributed by atoms with E-state index >= 15 is 0 Å². The Hall–Kier alpha value is -3.41. The Morgan fingerprint density at radius 3 is 2.16 bits per heavy atom. The van der Waals surface area contributed by atoms with Gasteiger partial charge in [0, 0.05) is 50.2 Å². The lowest BCUT2D eigenvalue weighted by Gasteiger charge is -2.24. The number of ketones is 1. The van der Waals surface area contributed by atoms with Crippen LogP contribution in [0.15, 0.2) is 66.7 Å². The number of allylic oxidation sites excluding steroid dienone is 1. The number of aryl methyl sites for hydroxylation is 2. The summed E-state index contributed by atoms with van der Waals surface area (Å²) in [6.07, 6.45) is 3.61. The third kappa shape index (κ3) is 8.59. The van der Waals surface area contributed by atoms with Crippen molar-refractivity contribution in [2.45, 2.75) is 13.8 Å². The van der Waals surface area contributed by atoms with Gasteiger partial charge in [-0.3, -0.25) is 4.79 Å². The summed E-state index contributed by atoms with van der Waals surface area (Å²) in [7, 11) is 10.3. The fraction of sp³-hybridized carbons (Fsp3) is 0.344. The Morgan fingerprint density at radius 1 is 0.784 bits per heavy atom. The average molecular weight is 499 g/mol. The summed E-state index contributed by atoms with van der Waals surface area (Å²) in [4.78, 5) is 20.1. The maximum Gasteiger partial charge on any atom is 0.187 e. The Kier molecular flexibility index (Phi) is 10.1. The largest absolute Gasteiger partial charge is 0.384 e. The predicted molar refractivity (Wildman–Crippen MR) is 160 cm³/mol. The van der Waals surface area contributed by atoms with Gasteiger partial charge in [-0.25, -0.2) is 0 Å². The van der Waals surface area contributed by atoms with Crippen LogP contribution in [-0.2, 0) is 0 Å². The first kappa shape index (κ1) is 28.2. The Bertz CT molecular complexity index is 1210. The van der Waals surface area contributed by atoms with E-state index in [1.54, 1.807) is 6.08 Å². The fourth-order valence-electron chi connectivity index (χ4n) is 4.30. The van der Waals surface area contributed by atoms with Crippen molar-refractivity contribution in [3.05, 3.63) is 89.0 Å². The minimum atomic E-state index is 0.00361. The lowest BCUT2D eigenvalue weighted by atomic mass is 9.96. The van der Waals surface area contributed by atoms with E-state index in [4.69, 9.17) is 0 Å². The molecule has 0 heterocycles. The molecule has 0 aliphatic heterocycles. The van der Waals surface area contributed by atoms with Crippen LogP contribution in [0.4, 0.5) is 11.4 Å². The van der Waals surface area contributed by atoms with Gasteiger partial charge in [-0.05, 0) is 89.1 Å². The summed E-state index contributed by atoms with van der Waals surface area (Å²) in [5.74, 6) is 0.00361. The predicted octanol–water partition coefficient (Wildman–Crippen LogP) is 5.84. The molecule has 1 N–H and O–H groups in total. The van der Waals surface area contributed by atoms with Crippen molar-refractivity contribution in [3.63, 3.8) is 0 Å². The SMILES string of the molecule is Cc1cc(C)cc(-c2ccc(N(C)CCN(C)C)c(C(=O)/C=C/c3cccc(NCCN(C)C)c3)c2)c1. The molecule has 0 saturated carbocycles. The quantitative estimate of drug-likeness (QED) is 0.251. The molecule has 0 unspecified atom stereocenters. The van der Waals surface area contributed by atoms with Gasteiger partial charge < -0.3 is 20.0 Å². The minimum absolute atomic E-state index is 0.00361. The zero-order valence-electron chi connectivity index (χ0n) is 23.5. The summed E-state index contributed by atoms with van der Waals surface area (Å²) >= 11 is 0. The first-order valence-electron chi connectivity index (χ1n) is 12.9. The van der Waals surface area contributed by atoms with Gasteiger partial charge in [0.2, 0.25) is 0 Å². The Labute approximate surface area is 223 Å². The number of rotatable bonds is 12. The summed E-state index contributed by atoms with van der Waals surface area (Å²) in [6.45, 7) is 7.79. The zero-order chi connectivity index (χ0) is 26.9. The van der Waals surface area contributed by atoms with Crippen molar-refractivity contribution in [1.82, 2.24) is 9.80 Å². The minimum Gasteiger partial charge on any atom is -0.384 e. The maximum atomic E-state index is 13.6. The van der Waals surface area contributed by atoms with Crippen molar-refractivity contribution in [1.29, 1.82) is 0 Å². The second-order valence-corrected chi connectivity index (χ2v) is 10.4. The molecule has 5 nitrogen and oxygen atoms in total. The monoisotopic (exact) mass is 498 g/mol. The normalized spacial score (nSPS) is 11.5. The van der Waals surface area contributed by atoms with Crippen LogP contribution < -0.4 is 10.2 Å². The molecule has 0 radical (unpaired) electrons. The molecule has 0 spiro atoms. The van der Waals surface area contributed by atoms with Crippen LogP contribution in [0.5, 0.6) is 0 Å². The smallest absolute Gasteiger partial charge is 0.187 e. The molecule has 3 rings (SSSR count). The van der Waals surface area contributed by atoms with Gasteiger partial charge in [-0.1, -0.05) is 53.6 Å². The average Bonchev–Trinajstić information content (AvgIpc) is 2.85. The van der Waals surface area contributed by atoms with Gasteiger partial charge in [0.15, 0.2) is 5.78 Å². The first-order chi connectivity index (χ1) is 17.6. The van der Waals surface area contributed by atoms with Gasteiger partial charge in [-0.2, -0.15) is 0 Å². The molecule has 196 valence electrons. The van der Waals surface area contributed by atoms with Gasteiger partial charge in [0.1, 0.15) is 0 Å². The zero-order valence-corrected chi connectivity index (χ0v) is 23.5. The molecule has 0 aliphatic carbocycles. The van der Waals surface area contributed by atoms with Crippen molar-refractivity contribution in [3.8, 4) is 11.1 Å². The van der Waals surface area contributed by atoms with E-state index in [1.807, 2.05) is 24.3 Å². The van der Waals surface area contributed by atoms with Gasteiger partial charge in [0.25, 0.3) is 0 Å². The first-order valence-corrected chi connectivity index (χ1v) is 12.9. The number of hydrogen-bond donors (Lipinski definition) is 1. The number of nitrogens with zero attached hydrogens (tertiary/aromatic N) is 3. The highest BCUT2D eigenvalue weighted by atomic mass is 16.1. The molecule has 5 heteroatoms. The third-order valence-electron chi connectivity index (χ3n) is 6.31. The van der Waals surface area contributed by atoms with Crippen molar-refractivity contribution in [2.24, 2.45) is 0 Å². The van der Waals surface area contributed by atoms with Crippen molar-refractivity contribution < 1.29 is 4.79 Å². The molecule has 0 aromatic heterocycles. The second-order valence-electron chi connectivity index (χ2n) is 10.4. The standard InChI is InChI=1S/C32H42N4O/c1-24-19-25(2)21-28(20-24)27-12-13-31(36(7)18-17-35(5)6)30(23-27)32(37)14-11-26-9-8-10-29(22-26)33-15-16-34(3)4/h8-14,19-23,33H,15-18H2,1-7H3/b14-11+. The fourth-order valence-corrected chi connectivity index (χ4v) is 4.30. The lowest BCUT2D eigenvalue weighted by Crippen LogP contribution is -2.29. The second kappa shape index (κ2) is 13.2. The van der Waals surface area contributed by atoms with Gasteiger partial charge in [-0.15, -0.1) is 0 Å². The van der Waals surface area contributed by atoms with E-state index in [1.165, 1.54) is 11.1 Å². The highest BCUT2D eigenvalue weighted by Crippen LogP contribution is 2.29. The van der Waals surface area contributed by atoms with Crippen LogP contribution in [0.1, 0.15) is 27.0 Å². The number of benzene rings is 3. The number of anilines is 2. The molecule has 0 fully saturated rings. The summed E-state index contributed by atoms with van der Waals surface area (Å²) < 4.78 is 0. The number of carbonyl (C=O) groups is 1. The summed E-state index contributed by atoms with van der Waals surface area (Å²) in [5.41, 5.74) is 8.34. The molecule has 0 amide bonds. The molecule has 0 atom stereocenters. The van der Waals surface area contributed by atoms with E-state index in [9.17, 15) is 4.79 Å². The molecular weight excluding hydrogens is 456 g/mol. The summed E-state index contributed by atoms with van der Waals surface area (Å²) in [6, 6.07) is 21.0. The van der Waals surface area contributed by atoms with Crippen LogP contribution in [0.25, 0.3) is 17.2 Å². The van der Waals surface area contributed by atoms with Gasteiger partial charge in [0.05, 0.1) is 0 Å². The van der Waals surface area contributed by atoms with E-state index in [0.29, 0.717) is 0 Å². The lowest BCUT2D eigenvalue weighted by molar-refractivity contribution is 0.104. The Morgan fingerprint density at radius 2 is 1.49 bits per heavy atom. The summed E-state index contributed by atoms with van der Waals surface area (Å²) in [5, 5.41) is 3.45. The van der Waals surface area contributed by atoms with Crippen molar-refractivity contribution in [2.75, 3.05) is 71.6 Å². The topological polar surface area (TPSA) is 38.8 Å². The van der Waals surface area contributed by atoms with Crippen LogP contribution in [0, 0.1) is 13.8 Å². The third-order valence-corrected chi connectivity index (χ3v) is 6.31. The van der Waals surface area contributed by atoms with E-state index in [-0.39, 0.29) is 5.78 Å². The van der Waals surface area contributed by atoms with Gasteiger partial charge >= 0.3 is 0 Å². The van der Waals surface area contributed by atoms with Crippen LogP contribution in [0.2, 0.25) is 0 Å². The molecule has 0 saturated heterocycles. The highest BCUT2D eigenvalue weighted by Gasteiger charge is 2.15. The molecule has 0 aliphatic rings. The number of nitrogens with one attached hydrogen (secondary N) is 1. The van der Waals surface area contributed by atoms with E-state index in [2.05, 4.69) is 112 Å². The highest BCUT2D eigenvalue weighted by molar-refractivity contribution is 6.11.